The fourth-order valence-corrected chi connectivity index (χ4v) is 3.64. The van der Waals surface area contributed by atoms with E-state index in [0.717, 1.165) is 4.31 Å². The number of hydrogen-bond donors (Lipinski definition) is 2. The smallest absolute Gasteiger partial charge is 0.325 e. The Balaban J connectivity index is 2.00. The van der Waals surface area contributed by atoms with Crippen molar-refractivity contribution in [2.24, 2.45) is 5.73 Å². The Morgan fingerprint density at radius 2 is 2.25 bits per heavy atom. The van der Waals surface area contributed by atoms with Crippen molar-refractivity contribution in [2.45, 2.75) is 18.4 Å². The molecule has 1 atom stereocenters. The number of nitrogens with zero attached hydrogens (tertiary/aromatic N) is 2. The number of carbonyl (C=O) groups is 1. The molecule has 2 heterocycles. The van der Waals surface area contributed by atoms with Crippen molar-refractivity contribution in [3.63, 3.8) is 0 Å². The topological polar surface area (TPSA) is 114 Å². The first kappa shape index (κ1) is 14.9. The second kappa shape index (κ2) is 5.47. The van der Waals surface area contributed by atoms with E-state index in [2.05, 4.69) is 4.98 Å². The summed E-state index contributed by atoms with van der Waals surface area (Å²) in [5.74, 6) is -1.26. The molecule has 20 heavy (non-hydrogen) atoms. The van der Waals surface area contributed by atoms with Crippen LogP contribution in [0.1, 0.15) is 12.1 Å². The summed E-state index contributed by atoms with van der Waals surface area (Å²) in [6.07, 6.45) is 2.03. The number of pyridine rings is 1. The van der Waals surface area contributed by atoms with Gasteiger partial charge in [0.2, 0.25) is 10.0 Å². The zero-order valence-corrected chi connectivity index (χ0v) is 11.7. The zero-order valence-electron chi connectivity index (χ0n) is 10.9. The molecule has 1 aliphatic heterocycles. The number of aliphatic carboxylic acids is 1. The Bertz CT molecular complexity index is 590. The van der Waals surface area contributed by atoms with E-state index in [1.165, 1.54) is 0 Å². The highest BCUT2D eigenvalue weighted by atomic mass is 32.2. The number of nitrogens with two attached hydrogens (primary N) is 1. The number of carboxylic acids is 1. The van der Waals surface area contributed by atoms with Crippen molar-refractivity contribution in [2.75, 3.05) is 18.8 Å². The Labute approximate surface area is 117 Å². The third-order valence-electron chi connectivity index (χ3n) is 3.43. The maximum Gasteiger partial charge on any atom is 0.325 e. The van der Waals surface area contributed by atoms with Gasteiger partial charge in [0, 0.05) is 31.4 Å². The van der Waals surface area contributed by atoms with Crippen molar-refractivity contribution in [3.8, 4) is 0 Å². The van der Waals surface area contributed by atoms with Crippen molar-refractivity contribution in [1.82, 2.24) is 9.29 Å². The zero-order chi connectivity index (χ0) is 14.8. The minimum absolute atomic E-state index is 0.0975. The standard InChI is InChI=1S/C12H17N3O4S/c13-12(11(16)17)5-7-15(9-12)20(18,19)8-4-10-3-1-2-6-14-10/h1-3,6H,4-5,7-9,13H2,(H,16,17). The van der Waals surface area contributed by atoms with Crippen molar-refractivity contribution in [3.05, 3.63) is 30.1 Å². The molecule has 0 aliphatic carbocycles. The Hall–Kier alpha value is -1.51. The van der Waals surface area contributed by atoms with Gasteiger partial charge in [-0.25, -0.2) is 8.42 Å². The maximum atomic E-state index is 12.2. The number of carboxylic acid groups (broad SMARTS) is 1. The van der Waals surface area contributed by atoms with Gasteiger partial charge in [-0.2, -0.15) is 4.31 Å². The molecule has 0 aromatic carbocycles. The number of hydrogen-bond acceptors (Lipinski definition) is 5. The molecule has 3 N–H and O–H groups in total. The molecule has 7 nitrogen and oxygen atoms in total. The minimum atomic E-state index is -3.51. The Morgan fingerprint density at radius 3 is 2.80 bits per heavy atom. The summed E-state index contributed by atoms with van der Waals surface area (Å²) in [6.45, 7) is -0.0275. The van der Waals surface area contributed by atoms with Crippen LogP contribution >= 0.6 is 0 Å². The molecule has 2 rings (SSSR count). The van der Waals surface area contributed by atoms with E-state index < -0.39 is 21.5 Å². The molecule has 0 saturated carbocycles. The lowest BCUT2D eigenvalue weighted by Crippen LogP contribution is -2.50. The number of rotatable bonds is 5. The van der Waals surface area contributed by atoms with Gasteiger partial charge in [-0.05, 0) is 18.6 Å². The minimum Gasteiger partial charge on any atom is -0.480 e. The maximum absolute atomic E-state index is 12.2. The number of aryl methyl sites for hydroxylation is 1. The first-order chi connectivity index (χ1) is 9.33. The molecular weight excluding hydrogens is 282 g/mol. The van der Waals surface area contributed by atoms with Gasteiger partial charge < -0.3 is 10.8 Å². The van der Waals surface area contributed by atoms with Gasteiger partial charge in [0.15, 0.2) is 0 Å². The Morgan fingerprint density at radius 1 is 1.50 bits per heavy atom. The highest BCUT2D eigenvalue weighted by Crippen LogP contribution is 2.22. The highest BCUT2D eigenvalue weighted by Gasteiger charge is 2.44. The van der Waals surface area contributed by atoms with Gasteiger partial charge in [0.25, 0.3) is 0 Å². The van der Waals surface area contributed by atoms with Gasteiger partial charge in [0.1, 0.15) is 5.54 Å². The molecule has 110 valence electrons. The summed E-state index contributed by atoms with van der Waals surface area (Å²) in [5.41, 5.74) is 4.89. The fourth-order valence-electron chi connectivity index (χ4n) is 2.12. The first-order valence-electron chi connectivity index (χ1n) is 6.23. The molecule has 0 amide bonds. The molecular formula is C12H17N3O4S. The number of sulfonamides is 1. The lowest BCUT2D eigenvalue weighted by atomic mass is 10.0. The van der Waals surface area contributed by atoms with Gasteiger partial charge in [-0.1, -0.05) is 6.07 Å². The largest absolute Gasteiger partial charge is 0.480 e. The molecule has 1 aromatic rings. The van der Waals surface area contributed by atoms with Crippen LogP contribution in [0.5, 0.6) is 0 Å². The molecule has 0 bridgehead atoms. The normalized spacial score (nSPS) is 23.9. The molecule has 8 heteroatoms. The van der Waals surface area contributed by atoms with Gasteiger partial charge in [-0.15, -0.1) is 0 Å². The van der Waals surface area contributed by atoms with Crippen LogP contribution in [0.3, 0.4) is 0 Å². The summed E-state index contributed by atoms with van der Waals surface area (Å²) in [5, 5.41) is 9.01. The Kier molecular flexibility index (Phi) is 4.07. The van der Waals surface area contributed by atoms with E-state index in [9.17, 15) is 13.2 Å². The van der Waals surface area contributed by atoms with Crippen LogP contribution in [0.4, 0.5) is 0 Å². The molecule has 1 aromatic heterocycles. The van der Waals surface area contributed by atoms with E-state index in [0.29, 0.717) is 12.1 Å². The van der Waals surface area contributed by atoms with Crippen LogP contribution < -0.4 is 5.73 Å². The van der Waals surface area contributed by atoms with Crippen LogP contribution in [-0.2, 0) is 21.2 Å². The molecule has 1 saturated heterocycles. The predicted molar refractivity (Wildman–Crippen MR) is 72.5 cm³/mol. The first-order valence-corrected chi connectivity index (χ1v) is 7.84. The summed E-state index contributed by atoms with van der Waals surface area (Å²) in [4.78, 5) is 15.1. The highest BCUT2D eigenvalue weighted by molar-refractivity contribution is 7.89. The van der Waals surface area contributed by atoms with Crippen LogP contribution in [0, 0.1) is 0 Å². The van der Waals surface area contributed by atoms with E-state index in [1.807, 2.05) is 0 Å². The van der Waals surface area contributed by atoms with Gasteiger partial charge in [-0.3, -0.25) is 9.78 Å². The summed E-state index contributed by atoms with van der Waals surface area (Å²) >= 11 is 0. The second-order valence-corrected chi connectivity index (χ2v) is 7.02. The SMILES string of the molecule is NC1(C(=O)O)CCN(S(=O)(=O)CCc2ccccn2)C1. The average Bonchev–Trinajstić information content (AvgIpc) is 2.83. The molecule has 0 spiro atoms. The van der Waals surface area contributed by atoms with Crippen LogP contribution in [0.15, 0.2) is 24.4 Å². The fraction of sp³-hybridized carbons (Fsp3) is 0.500. The van der Waals surface area contributed by atoms with Crippen molar-refractivity contribution in [1.29, 1.82) is 0 Å². The average molecular weight is 299 g/mol. The van der Waals surface area contributed by atoms with Crippen LogP contribution in [0.25, 0.3) is 0 Å². The van der Waals surface area contributed by atoms with E-state index in [4.69, 9.17) is 10.8 Å². The quantitative estimate of drug-likeness (QED) is 0.753. The van der Waals surface area contributed by atoms with Gasteiger partial charge >= 0.3 is 5.97 Å². The summed E-state index contributed by atoms with van der Waals surface area (Å²) in [7, 11) is -3.51. The van der Waals surface area contributed by atoms with E-state index >= 15 is 0 Å². The monoisotopic (exact) mass is 299 g/mol. The predicted octanol–water partition coefficient (Wildman–Crippen LogP) is -0.558. The molecule has 1 unspecified atom stereocenters. The summed E-state index contributed by atoms with van der Waals surface area (Å²) < 4.78 is 25.5. The van der Waals surface area contributed by atoms with Crippen LogP contribution in [0.2, 0.25) is 0 Å². The van der Waals surface area contributed by atoms with Crippen molar-refractivity contribution < 1.29 is 18.3 Å². The summed E-state index contributed by atoms with van der Waals surface area (Å²) in [6, 6.07) is 5.30. The third kappa shape index (κ3) is 3.14. The lowest BCUT2D eigenvalue weighted by Gasteiger charge is -2.19. The number of aromatic nitrogens is 1. The lowest BCUT2D eigenvalue weighted by molar-refractivity contribution is -0.142. The third-order valence-corrected chi connectivity index (χ3v) is 5.25. The molecule has 0 radical (unpaired) electrons. The molecule has 1 fully saturated rings. The van der Waals surface area contributed by atoms with Crippen LogP contribution in [-0.4, -0.2) is 53.2 Å². The van der Waals surface area contributed by atoms with Crippen molar-refractivity contribution >= 4 is 16.0 Å². The molecule has 1 aliphatic rings. The van der Waals surface area contributed by atoms with Gasteiger partial charge in [0.05, 0.1) is 5.75 Å². The second-order valence-electron chi connectivity index (χ2n) is 4.93. The van der Waals surface area contributed by atoms with E-state index in [1.54, 1.807) is 24.4 Å². The van der Waals surface area contributed by atoms with E-state index in [-0.39, 0.29) is 25.3 Å².